The van der Waals surface area contributed by atoms with Crippen molar-refractivity contribution in [2.45, 2.75) is 50.3 Å². The maximum absolute atomic E-state index is 12.5. The number of hydrogen-bond donors (Lipinski definition) is 1. The van der Waals surface area contributed by atoms with Gasteiger partial charge in [-0.15, -0.1) is 0 Å². The second-order valence-corrected chi connectivity index (χ2v) is 8.80. The molecule has 3 unspecified atom stereocenters. The van der Waals surface area contributed by atoms with Crippen LogP contribution in [0, 0.1) is 0 Å². The van der Waals surface area contributed by atoms with E-state index in [-0.39, 0.29) is 23.6 Å². The van der Waals surface area contributed by atoms with Gasteiger partial charge in [0.1, 0.15) is 13.2 Å². The number of benzene rings is 1. The lowest BCUT2D eigenvalue weighted by Gasteiger charge is -2.31. The Bertz CT molecular complexity index is 667. The highest BCUT2D eigenvalue weighted by molar-refractivity contribution is 7.85. The molecule has 5 nitrogen and oxygen atoms in total. The average Bonchev–Trinajstić information content (AvgIpc) is 2.61. The van der Waals surface area contributed by atoms with Crippen molar-refractivity contribution in [3.8, 4) is 11.5 Å². The third kappa shape index (κ3) is 4.47. The minimum atomic E-state index is -0.884. The Morgan fingerprint density at radius 2 is 2.04 bits per heavy atom. The maximum atomic E-state index is 12.5. The first-order valence-corrected chi connectivity index (χ1v) is 10.6. The first-order chi connectivity index (χ1) is 12.1. The molecule has 1 aliphatic carbocycles. The Labute approximate surface area is 155 Å². The molecule has 7 heteroatoms. The van der Waals surface area contributed by atoms with Gasteiger partial charge in [-0.25, -0.2) is 0 Å². The van der Waals surface area contributed by atoms with Crippen molar-refractivity contribution in [3.05, 3.63) is 22.7 Å². The number of fused-ring (bicyclic) bond motifs is 1. The molecule has 1 N–H and O–H groups in total. The number of amides is 1. The van der Waals surface area contributed by atoms with Gasteiger partial charge in [0.2, 0.25) is 5.91 Å². The summed E-state index contributed by atoms with van der Waals surface area (Å²) >= 11 is 6.23. The average molecular weight is 386 g/mol. The topological polar surface area (TPSA) is 64.6 Å². The summed E-state index contributed by atoms with van der Waals surface area (Å²) in [5.41, 5.74) is 0.788. The first-order valence-electron chi connectivity index (χ1n) is 8.83. The SMILES string of the molecule is CCS(=O)C1CCCCC1NC(=O)Cc1cc(Cl)c2c(c1)OCCO2. The molecule has 1 saturated carbocycles. The molecule has 3 atom stereocenters. The van der Waals surface area contributed by atoms with Crippen LogP contribution in [-0.2, 0) is 22.0 Å². The van der Waals surface area contributed by atoms with Crippen LogP contribution in [0.25, 0.3) is 0 Å². The Kier molecular flexibility index (Phi) is 6.23. The van der Waals surface area contributed by atoms with Gasteiger partial charge in [0.25, 0.3) is 0 Å². The van der Waals surface area contributed by atoms with Crippen LogP contribution in [0.3, 0.4) is 0 Å². The van der Waals surface area contributed by atoms with Crippen molar-refractivity contribution in [1.82, 2.24) is 5.32 Å². The van der Waals surface area contributed by atoms with E-state index in [1.807, 2.05) is 13.0 Å². The molecule has 0 saturated heterocycles. The summed E-state index contributed by atoms with van der Waals surface area (Å²) in [4.78, 5) is 12.5. The normalized spacial score (nSPS) is 23.8. The van der Waals surface area contributed by atoms with Crippen LogP contribution < -0.4 is 14.8 Å². The van der Waals surface area contributed by atoms with Gasteiger partial charge in [0, 0.05) is 22.6 Å². The van der Waals surface area contributed by atoms with E-state index in [2.05, 4.69) is 5.32 Å². The van der Waals surface area contributed by atoms with Crippen molar-refractivity contribution in [2.24, 2.45) is 0 Å². The number of hydrogen-bond acceptors (Lipinski definition) is 4. The lowest BCUT2D eigenvalue weighted by atomic mass is 9.94. The third-order valence-electron chi connectivity index (χ3n) is 4.69. The van der Waals surface area contributed by atoms with Gasteiger partial charge in [0.05, 0.1) is 16.7 Å². The molecule has 0 aromatic heterocycles. The quantitative estimate of drug-likeness (QED) is 0.846. The Morgan fingerprint density at radius 1 is 1.28 bits per heavy atom. The van der Waals surface area contributed by atoms with E-state index < -0.39 is 10.8 Å². The molecule has 0 radical (unpaired) electrons. The van der Waals surface area contributed by atoms with Crippen LogP contribution in [0.5, 0.6) is 11.5 Å². The second-order valence-electron chi connectivity index (χ2n) is 6.44. The summed E-state index contributed by atoms with van der Waals surface area (Å²) in [5, 5.41) is 3.61. The Morgan fingerprint density at radius 3 is 2.84 bits per heavy atom. The molecule has 1 amide bonds. The summed E-state index contributed by atoms with van der Waals surface area (Å²) in [6, 6.07) is 3.55. The Hall–Kier alpha value is -1.27. The smallest absolute Gasteiger partial charge is 0.224 e. The number of rotatable bonds is 5. The van der Waals surface area contributed by atoms with Gasteiger partial charge >= 0.3 is 0 Å². The number of nitrogens with one attached hydrogen (secondary N) is 1. The van der Waals surface area contributed by atoms with Crippen LogP contribution in [-0.4, -0.2) is 40.4 Å². The van der Waals surface area contributed by atoms with Crippen molar-refractivity contribution in [3.63, 3.8) is 0 Å². The van der Waals surface area contributed by atoms with Gasteiger partial charge < -0.3 is 14.8 Å². The number of halogens is 1. The minimum absolute atomic E-state index is 0.00489. The monoisotopic (exact) mass is 385 g/mol. The van der Waals surface area contributed by atoms with E-state index in [0.29, 0.717) is 35.5 Å². The van der Waals surface area contributed by atoms with E-state index in [1.165, 1.54) is 0 Å². The molecule has 1 aromatic rings. The van der Waals surface area contributed by atoms with Gasteiger partial charge in [-0.05, 0) is 30.5 Å². The van der Waals surface area contributed by atoms with Gasteiger partial charge in [-0.3, -0.25) is 9.00 Å². The Balaban J connectivity index is 1.66. The fourth-order valence-corrected chi connectivity index (χ4v) is 5.22. The number of carbonyl (C=O) groups is 1. The molecular weight excluding hydrogens is 362 g/mol. The van der Waals surface area contributed by atoms with Crippen LogP contribution in [0.1, 0.15) is 38.2 Å². The predicted octanol–water partition coefficient (Wildman–Crippen LogP) is 2.85. The summed E-state index contributed by atoms with van der Waals surface area (Å²) in [5.74, 6) is 1.69. The molecule has 3 rings (SSSR count). The molecule has 1 heterocycles. The van der Waals surface area contributed by atoms with E-state index in [9.17, 15) is 9.00 Å². The molecular formula is C18H24ClNO4S. The molecule has 1 aromatic carbocycles. The van der Waals surface area contributed by atoms with Crippen molar-refractivity contribution < 1.29 is 18.5 Å². The lowest BCUT2D eigenvalue weighted by Crippen LogP contribution is -2.47. The van der Waals surface area contributed by atoms with Gasteiger partial charge in [-0.2, -0.15) is 0 Å². The van der Waals surface area contributed by atoms with Crippen LogP contribution >= 0.6 is 11.6 Å². The van der Waals surface area contributed by atoms with E-state index in [1.54, 1.807) is 6.07 Å². The van der Waals surface area contributed by atoms with Gasteiger partial charge in [-0.1, -0.05) is 31.4 Å². The predicted molar refractivity (Wildman–Crippen MR) is 99.0 cm³/mol. The van der Waals surface area contributed by atoms with E-state index in [0.717, 1.165) is 31.2 Å². The summed E-state index contributed by atoms with van der Waals surface area (Å²) in [7, 11) is -0.884. The van der Waals surface area contributed by atoms with Crippen molar-refractivity contribution >= 4 is 28.3 Å². The zero-order chi connectivity index (χ0) is 17.8. The number of ether oxygens (including phenoxy) is 2. The summed E-state index contributed by atoms with van der Waals surface area (Å²) in [6.07, 6.45) is 4.18. The molecule has 2 aliphatic rings. The van der Waals surface area contributed by atoms with Crippen molar-refractivity contribution in [1.29, 1.82) is 0 Å². The van der Waals surface area contributed by atoms with E-state index in [4.69, 9.17) is 21.1 Å². The number of carbonyl (C=O) groups excluding carboxylic acids is 1. The summed E-state index contributed by atoms with van der Waals surface area (Å²) < 4.78 is 23.3. The highest BCUT2D eigenvalue weighted by Crippen LogP contribution is 2.38. The maximum Gasteiger partial charge on any atom is 0.224 e. The highest BCUT2D eigenvalue weighted by Gasteiger charge is 2.30. The summed E-state index contributed by atoms with van der Waals surface area (Å²) in [6.45, 7) is 2.89. The van der Waals surface area contributed by atoms with E-state index >= 15 is 0 Å². The minimum Gasteiger partial charge on any atom is -0.486 e. The molecule has 0 spiro atoms. The molecule has 0 bridgehead atoms. The zero-order valence-electron chi connectivity index (χ0n) is 14.4. The van der Waals surface area contributed by atoms with Crippen LogP contribution in [0.15, 0.2) is 12.1 Å². The second kappa shape index (κ2) is 8.41. The molecule has 25 heavy (non-hydrogen) atoms. The van der Waals surface area contributed by atoms with Gasteiger partial charge in [0.15, 0.2) is 11.5 Å². The molecule has 1 fully saturated rings. The van der Waals surface area contributed by atoms with Crippen LogP contribution in [0.4, 0.5) is 0 Å². The highest BCUT2D eigenvalue weighted by atomic mass is 35.5. The van der Waals surface area contributed by atoms with Crippen molar-refractivity contribution in [2.75, 3.05) is 19.0 Å². The largest absolute Gasteiger partial charge is 0.486 e. The first kappa shape index (κ1) is 18.5. The standard InChI is InChI=1S/C18H24ClNO4S/c1-2-25(22)16-6-4-3-5-14(16)20-17(21)11-12-9-13(19)18-15(10-12)23-7-8-24-18/h9-10,14,16H,2-8,11H2,1H3,(H,20,21). The molecule has 138 valence electrons. The fraction of sp³-hybridized carbons (Fsp3) is 0.611. The lowest BCUT2D eigenvalue weighted by molar-refractivity contribution is -0.121. The third-order valence-corrected chi connectivity index (χ3v) is 6.78. The zero-order valence-corrected chi connectivity index (χ0v) is 16.0. The van der Waals surface area contributed by atoms with Crippen LogP contribution in [0.2, 0.25) is 5.02 Å². The molecule has 1 aliphatic heterocycles. The fourth-order valence-electron chi connectivity index (χ4n) is 3.50.